The SMILES string of the molecule is CN(C)CCCOc1cc(C(=O)NCCN(C)C)ccc1N. The molecule has 6 nitrogen and oxygen atoms in total. The molecule has 0 unspecified atom stereocenters. The highest BCUT2D eigenvalue weighted by Crippen LogP contribution is 2.23. The summed E-state index contributed by atoms with van der Waals surface area (Å²) in [5.41, 5.74) is 7.01. The van der Waals surface area contributed by atoms with Gasteiger partial charge in [-0.3, -0.25) is 4.79 Å². The molecule has 0 aliphatic rings. The molecule has 0 heterocycles. The molecule has 0 saturated carbocycles. The molecule has 6 heteroatoms. The number of benzene rings is 1. The minimum Gasteiger partial charge on any atom is -0.491 e. The van der Waals surface area contributed by atoms with Crippen molar-refractivity contribution in [2.24, 2.45) is 0 Å². The van der Waals surface area contributed by atoms with Crippen LogP contribution in [-0.2, 0) is 0 Å². The van der Waals surface area contributed by atoms with Crippen molar-refractivity contribution in [3.8, 4) is 5.75 Å². The lowest BCUT2D eigenvalue weighted by Crippen LogP contribution is -2.31. The summed E-state index contributed by atoms with van der Waals surface area (Å²) in [7, 11) is 7.98. The molecule has 0 fully saturated rings. The molecule has 0 aliphatic carbocycles. The number of nitrogens with two attached hydrogens (primary N) is 1. The van der Waals surface area contributed by atoms with E-state index in [0.29, 0.717) is 30.2 Å². The minimum absolute atomic E-state index is 0.111. The molecule has 1 amide bonds. The fraction of sp³-hybridized carbons (Fsp3) is 0.562. The van der Waals surface area contributed by atoms with Gasteiger partial charge in [-0.1, -0.05) is 0 Å². The van der Waals surface area contributed by atoms with Gasteiger partial charge in [0.15, 0.2) is 0 Å². The molecule has 0 saturated heterocycles. The maximum atomic E-state index is 12.1. The van der Waals surface area contributed by atoms with Crippen molar-refractivity contribution < 1.29 is 9.53 Å². The molecule has 1 aromatic carbocycles. The Hall–Kier alpha value is -1.79. The van der Waals surface area contributed by atoms with Gasteiger partial charge in [0.1, 0.15) is 5.75 Å². The number of carbonyl (C=O) groups excluding carboxylic acids is 1. The Morgan fingerprint density at radius 3 is 2.50 bits per heavy atom. The molecule has 0 radical (unpaired) electrons. The van der Waals surface area contributed by atoms with Gasteiger partial charge in [0.25, 0.3) is 5.91 Å². The monoisotopic (exact) mass is 308 g/mol. The van der Waals surface area contributed by atoms with Crippen molar-refractivity contribution >= 4 is 11.6 Å². The molecular weight excluding hydrogens is 280 g/mol. The molecule has 22 heavy (non-hydrogen) atoms. The van der Waals surface area contributed by atoms with Gasteiger partial charge in [0.05, 0.1) is 12.3 Å². The van der Waals surface area contributed by atoms with Crippen LogP contribution in [0.4, 0.5) is 5.69 Å². The van der Waals surface area contributed by atoms with E-state index in [2.05, 4.69) is 10.2 Å². The third-order valence-electron chi connectivity index (χ3n) is 3.13. The van der Waals surface area contributed by atoms with E-state index >= 15 is 0 Å². The zero-order valence-corrected chi connectivity index (χ0v) is 14.1. The second-order valence-electron chi connectivity index (χ2n) is 5.82. The number of nitrogen functional groups attached to an aromatic ring is 1. The van der Waals surface area contributed by atoms with E-state index in [1.807, 2.05) is 33.1 Å². The van der Waals surface area contributed by atoms with Gasteiger partial charge in [-0.05, 0) is 52.8 Å². The van der Waals surface area contributed by atoms with E-state index in [1.165, 1.54) is 0 Å². The predicted molar refractivity (Wildman–Crippen MR) is 90.4 cm³/mol. The first-order valence-corrected chi connectivity index (χ1v) is 7.50. The van der Waals surface area contributed by atoms with Crippen molar-refractivity contribution in [3.05, 3.63) is 23.8 Å². The zero-order valence-electron chi connectivity index (χ0n) is 14.1. The van der Waals surface area contributed by atoms with Crippen LogP contribution in [0.1, 0.15) is 16.8 Å². The number of rotatable bonds is 9. The summed E-state index contributed by atoms with van der Waals surface area (Å²) in [5, 5.41) is 2.88. The lowest BCUT2D eigenvalue weighted by molar-refractivity contribution is 0.0950. The summed E-state index contributed by atoms with van der Waals surface area (Å²) in [6.07, 6.45) is 0.908. The molecule has 0 spiro atoms. The van der Waals surface area contributed by atoms with Gasteiger partial charge in [0, 0.05) is 25.2 Å². The first-order valence-electron chi connectivity index (χ1n) is 7.50. The normalized spacial score (nSPS) is 11.0. The molecule has 124 valence electrons. The molecule has 0 aromatic heterocycles. The summed E-state index contributed by atoms with van der Waals surface area (Å²) in [6.45, 7) is 2.93. The quantitative estimate of drug-likeness (QED) is 0.524. The number of hydrogen-bond acceptors (Lipinski definition) is 5. The number of likely N-dealkylation sites (N-methyl/N-ethyl adjacent to an activating group) is 1. The van der Waals surface area contributed by atoms with E-state index in [4.69, 9.17) is 10.5 Å². The Bertz CT molecular complexity index is 475. The molecule has 0 aliphatic heterocycles. The molecule has 1 aromatic rings. The Morgan fingerprint density at radius 1 is 1.18 bits per heavy atom. The Morgan fingerprint density at radius 2 is 1.86 bits per heavy atom. The summed E-state index contributed by atoms with van der Waals surface area (Å²) < 4.78 is 5.68. The zero-order chi connectivity index (χ0) is 16.5. The fourth-order valence-electron chi connectivity index (χ4n) is 1.86. The first-order chi connectivity index (χ1) is 10.4. The van der Waals surface area contributed by atoms with Gasteiger partial charge in [-0.2, -0.15) is 0 Å². The topological polar surface area (TPSA) is 70.8 Å². The summed E-state index contributed by atoms with van der Waals surface area (Å²) in [5.74, 6) is 0.457. The van der Waals surface area contributed by atoms with E-state index in [9.17, 15) is 4.79 Å². The second-order valence-corrected chi connectivity index (χ2v) is 5.82. The predicted octanol–water partition coefficient (Wildman–Crippen LogP) is 0.891. The highest BCUT2D eigenvalue weighted by Gasteiger charge is 2.09. The molecule has 0 bridgehead atoms. The van der Waals surface area contributed by atoms with E-state index in [-0.39, 0.29) is 5.91 Å². The average molecular weight is 308 g/mol. The lowest BCUT2D eigenvalue weighted by Gasteiger charge is -2.13. The second kappa shape index (κ2) is 9.27. The standard InChI is InChI=1S/C16H28N4O2/c1-19(2)9-5-11-22-15-12-13(6-7-14(15)17)16(21)18-8-10-20(3)4/h6-7,12H,5,8-11,17H2,1-4H3,(H,18,21). The third kappa shape index (κ3) is 6.78. The average Bonchev–Trinajstić information content (AvgIpc) is 2.44. The number of nitrogens with one attached hydrogen (secondary N) is 1. The van der Waals surface area contributed by atoms with Gasteiger partial charge in [-0.25, -0.2) is 0 Å². The van der Waals surface area contributed by atoms with Crippen molar-refractivity contribution in [3.63, 3.8) is 0 Å². The van der Waals surface area contributed by atoms with E-state index in [1.54, 1.807) is 18.2 Å². The van der Waals surface area contributed by atoms with Gasteiger partial charge >= 0.3 is 0 Å². The lowest BCUT2D eigenvalue weighted by atomic mass is 10.1. The van der Waals surface area contributed by atoms with Crippen LogP contribution in [0.15, 0.2) is 18.2 Å². The van der Waals surface area contributed by atoms with Gasteiger partial charge < -0.3 is 25.6 Å². The highest BCUT2D eigenvalue weighted by molar-refractivity contribution is 5.95. The van der Waals surface area contributed by atoms with Crippen LogP contribution in [0.5, 0.6) is 5.75 Å². The first kappa shape index (κ1) is 18.3. The van der Waals surface area contributed by atoms with E-state index in [0.717, 1.165) is 19.5 Å². The van der Waals surface area contributed by atoms with Crippen LogP contribution in [0.2, 0.25) is 0 Å². The maximum absolute atomic E-state index is 12.1. The van der Waals surface area contributed by atoms with E-state index < -0.39 is 0 Å². The summed E-state index contributed by atoms with van der Waals surface area (Å²) >= 11 is 0. The molecule has 1 rings (SSSR count). The van der Waals surface area contributed by atoms with Crippen LogP contribution >= 0.6 is 0 Å². The largest absolute Gasteiger partial charge is 0.491 e. The number of carbonyl (C=O) groups is 1. The number of anilines is 1. The van der Waals surface area contributed by atoms with Crippen LogP contribution in [0, 0.1) is 0 Å². The number of nitrogens with zero attached hydrogens (tertiary/aromatic N) is 2. The van der Waals surface area contributed by atoms with Crippen LogP contribution < -0.4 is 15.8 Å². The van der Waals surface area contributed by atoms with Gasteiger partial charge in [-0.15, -0.1) is 0 Å². The van der Waals surface area contributed by atoms with Crippen molar-refractivity contribution in [1.82, 2.24) is 15.1 Å². The Labute approximate surface area is 133 Å². The molecular formula is C16H28N4O2. The van der Waals surface area contributed by atoms with Crippen LogP contribution in [0.3, 0.4) is 0 Å². The van der Waals surface area contributed by atoms with Crippen LogP contribution in [-0.4, -0.2) is 70.1 Å². The van der Waals surface area contributed by atoms with Crippen LogP contribution in [0.25, 0.3) is 0 Å². The highest BCUT2D eigenvalue weighted by atomic mass is 16.5. The van der Waals surface area contributed by atoms with Gasteiger partial charge in [0.2, 0.25) is 0 Å². The Kier molecular flexibility index (Phi) is 7.70. The minimum atomic E-state index is -0.111. The number of amides is 1. The maximum Gasteiger partial charge on any atom is 0.251 e. The Balaban J connectivity index is 2.55. The molecule has 3 N–H and O–H groups in total. The molecule has 0 atom stereocenters. The third-order valence-corrected chi connectivity index (χ3v) is 3.13. The number of hydrogen-bond donors (Lipinski definition) is 2. The van der Waals surface area contributed by atoms with Crippen molar-refractivity contribution in [2.45, 2.75) is 6.42 Å². The van der Waals surface area contributed by atoms with Crippen molar-refractivity contribution in [2.75, 3.05) is 60.2 Å². The summed E-state index contributed by atoms with van der Waals surface area (Å²) in [4.78, 5) is 16.2. The van der Waals surface area contributed by atoms with Crippen molar-refractivity contribution in [1.29, 1.82) is 0 Å². The number of ether oxygens (including phenoxy) is 1. The smallest absolute Gasteiger partial charge is 0.251 e. The summed E-state index contributed by atoms with van der Waals surface area (Å²) in [6, 6.07) is 5.13. The fourth-order valence-corrected chi connectivity index (χ4v) is 1.86.